The first-order valence-electron chi connectivity index (χ1n) is 10.4. The van der Waals surface area contributed by atoms with Gasteiger partial charge in [-0.2, -0.15) is 5.10 Å². The Kier molecular flexibility index (Phi) is 10.4. The van der Waals surface area contributed by atoms with Gasteiger partial charge < -0.3 is 15.4 Å². The lowest BCUT2D eigenvalue weighted by molar-refractivity contribution is 0.409. The second-order valence-electron chi connectivity index (χ2n) is 7.11. The van der Waals surface area contributed by atoms with Crippen molar-refractivity contribution in [3.05, 3.63) is 77.6 Å². The summed E-state index contributed by atoms with van der Waals surface area (Å²) in [6, 6.07) is 18.3. The molecule has 31 heavy (non-hydrogen) atoms. The predicted molar refractivity (Wildman–Crippen MR) is 138 cm³/mol. The maximum atomic E-state index is 5.41. The van der Waals surface area contributed by atoms with E-state index in [1.807, 2.05) is 41.1 Å². The van der Waals surface area contributed by atoms with Crippen LogP contribution in [0.2, 0.25) is 0 Å². The molecule has 0 amide bonds. The number of guanidine groups is 1. The number of benzene rings is 2. The fourth-order valence-electron chi connectivity index (χ4n) is 3.39. The van der Waals surface area contributed by atoms with E-state index in [0.717, 1.165) is 55.4 Å². The van der Waals surface area contributed by atoms with Gasteiger partial charge in [-0.05, 0) is 55.5 Å². The van der Waals surface area contributed by atoms with E-state index < -0.39 is 0 Å². The number of nitrogens with zero attached hydrogens (tertiary/aromatic N) is 3. The lowest BCUT2D eigenvalue weighted by atomic mass is 10.1. The third-order valence-electron chi connectivity index (χ3n) is 5.04. The number of para-hydroxylation sites is 2. The molecule has 166 valence electrons. The van der Waals surface area contributed by atoms with Crippen molar-refractivity contribution in [3.63, 3.8) is 0 Å². The van der Waals surface area contributed by atoms with Gasteiger partial charge in [-0.25, -0.2) is 4.68 Å². The maximum absolute atomic E-state index is 5.41. The van der Waals surface area contributed by atoms with Gasteiger partial charge in [-0.3, -0.25) is 4.99 Å². The summed E-state index contributed by atoms with van der Waals surface area (Å²) in [6.45, 7) is 3.72. The molecule has 3 rings (SSSR count). The van der Waals surface area contributed by atoms with E-state index in [9.17, 15) is 0 Å². The fourth-order valence-corrected chi connectivity index (χ4v) is 3.39. The number of aryl methyl sites for hydroxylation is 2. The largest absolute Gasteiger partial charge is 0.496 e. The summed E-state index contributed by atoms with van der Waals surface area (Å²) in [5, 5.41) is 11.4. The Morgan fingerprint density at radius 2 is 1.68 bits per heavy atom. The summed E-state index contributed by atoms with van der Waals surface area (Å²) >= 11 is 0. The Hall–Kier alpha value is -2.55. The average molecular weight is 533 g/mol. The number of hydrogen-bond acceptors (Lipinski definition) is 3. The normalized spacial score (nSPS) is 11.0. The zero-order valence-corrected chi connectivity index (χ0v) is 20.8. The minimum atomic E-state index is 0. The van der Waals surface area contributed by atoms with Crippen LogP contribution in [0.4, 0.5) is 0 Å². The first kappa shape index (κ1) is 24.7. The number of ether oxygens (including phenoxy) is 1. The number of rotatable bonds is 9. The highest BCUT2D eigenvalue weighted by Gasteiger charge is 2.07. The molecule has 1 heterocycles. The lowest BCUT2D eigenvalue weighted by Gasteiger charge is -2.13. The van der Waals surface area contributed by atoms with Crippen molar-refractivity contribution >= 4 is 29.9 Å². The Morgan fingerprint density at radius 1 is 0.968 bits per heavy atom. The first-order chi connectivity index (χ1) is 14.7. The number of halogens is 1. The smallest absolute Gasteiger partial charge is 0.190 e. The summed E-state index contributed by atoms with van der Waals surface area (Å²) in [5.74, 6) is 1.75. The molecule has 0 radical (unpaired) electrons. The van der Waals surface area contributed by atoms with Crippen LogP contribution in [0.25, 0.3) is 5.69 Å². The van der Waals surface area contributed by atoms with Crippen molar-refractivity contribution in [1.82, 2.24) is 20.4 Å². The van der Waals surface area contributed by atoms with Gasteiger partial charge in [0.1, 0.15) is 5.75 Å². The van der Waals surface area contributed by atoms with Crippen molar-refractivity contribution in [2.75, 3.05) is 27.2 Å². The molecular weight excluding hydrogens is 501 g/mol. The van der Waals surface area contributed by atoms with Gasteiger partial charge in [0.25, 0.3) is 0 Å². The zero-order valence-electron chi connectivity index (χ0n) is 18.5. The van der Waals surface area contributed by atoms with Crippen LogP contribution in [0.15, 0.2) is 65.8 Å². The molecule has 1 aromatic heterocycles. The van der Waals surface area contributed by atoms with Crippen molar-refractivity contribution in [3.8, 4) is 11.4 Å². The molecule has 0 unspecified atom stereocenters. The third-order valence-corrected chi connectivity index (χ3v) is 5.04. The van der Waals surface area contributed by atoms with Crippen LogP contribution < -0.4 is 15.4 Å². The van der Waals surface area contributed by atoms with Crippen molar-refractivity contribution in [2.24, 2.45) is 4.99 Å². The summed E-state index contributed by atoms with van der Waals surface area (Å²) in [5.41, 5.74) is 4.64. The van der Waals surface area contributed by atoms with E-state index in [-0.39, 0.29) is 24.0 Å². The molecule has 0 saturated heterocycles. The van der Waals surface area contributed by atoms with E-state index in [0.29, 0.717) is 0 Å². The number of aromatic nitrogens is 2. The van der Waals surface area contributed by atoms with Crippen LogP contribution >= 0.6 is 24.0 Å². The maximum Gasteiger partial charge on any atom is 0.190 e. The van der Waals surface area contributed by atoms with Crippen molar-refractivity contribution in [2.45, 2.75) is 26.2 Å². The van der Waals surface area contributed by atoms with E-state index in [4.69, 9.17) is 4.74 Å². The minimum Gasteiger partial charge on any atom is -0.496 e. The first-order valence-corrected chi connectivity index (χ1v) is 10.4. The second-order valence-corrected chi connectivity index (χ2v) is 7.11. The minimum absolute atomic E-state index is 0. The molecule has 0 spiro atoms. The molecular formula is C24H32IN5O. The highest BCUT2D eigenvalue weighted by atomic mass is 127. The molecule has 6 nitrogen and oxygen atoms in total. The van der Waals surface area contributed by atoms with Gasteiger partial charge in [0.05, 0.1) is 18.5 Å². The Bertz CT molecular complexity index is 956. The second kappa shape index (κ2) is 13.0. The van der Waals surface area contributed by atoms with E-state index in [1.165, 1.54) is 11.1 Å². The molecule has 2 aromatic carbocycles. The fraction of sp³-hybridized carbons (Fsp3) is 0.333. The molecule has 0 aliphatic rings. The van der Waals surface area contributed by atoms with Crippen molar-refractivity contribution in [1.29, 1.82) is 0 Å². The van der Waals surface area contributed by atoms with Crippen LogP contribution in [-0.4, -0.2) is 43.0 Å². The van der Waals surface area contributed by atoms with Gasteiger partial charge >= 0.3 is 0 Å². The molecule has 0 saturated carbocycles. The van der Waals surface area contributed by atoms with Crippen LogP contribution in [0.1, 0.15) is 23.2 Å². The predicted octanol–water partition coefficient (Wildman–Crippen LogP) is 4.15. The van der Waals surface area contributed by atoms with Gasteiger partial charge in [0, 0.05) is 26.3 Å². The van der Waals surface area contributed by atoms with Gasteiger partial charge in [0.15, 0.2) is 5.96 Å². The topological polar surface area (TPSA) is 63.5 Å². The average Bonchev–Trinajstić information content (AvgIpc) is 3.16. The summed E-state index contributed by atoms with van der Waals surface area (Å²) in [7, 11) is 3.50. The third kappa shape index (κ3) is 7.27. The van der Waals surface area contributed by atoms with Crippen LogP contribution in [0, 0.1) is 6.92 Å². The van der Waals surface area contributed by atoms with E-state index in [1.54, 1.807) is 14.2 Å². The van der Waals surface area contributed by atoms with Gasteiger partial charge in [-0.1, -0.05) is 36.4 Å². The SMILES string of the molecule is CN=C(NCCCc1cn(-c2ccccc2)nc1C)NCCc1ccccc1OC.I. The summed E-state index contributed by atoms with van der Waals surface area (Å²) < 4.78 is 7.36. The standard InChI is InChI=1S/C24H31N5O.HI/c1-19-21(18-29(28-19)22-12-5-4-6-13-22)11-9-16-26-24(25-2)27-17-15-20-10-7-8-14-23(20)30-3;/h4-8,10,12-14,18H,9,11,15-17H2,1-3H3,(H2,25,26,27);1H. The quantitative estimate of drug-likeness (QED) is 0.188. The molecule has 7 heteroatoms. The summed E-state index contributed by atoms with van der Waals surface area (Å²) in [4.78, 5) is 4.31. The number of nitrogens with one attached hydrogen (secondary N) is 2. The highest BCUT2D eigenvalue weighted by molar-refractivity contribution is 14.0. The van der Waals surface area contributed by atoms with Crippen LogP contribution in [0.5, 0.6) is 5.75 Å². The summed E-state index contributed by atoms with van der Waals surface area (Å²) in [6.07, 6.45) is 4.99. The van der Waals surface area contributed by atoms with E-state index in [2.05, 4.69) is 52.0 Å². The van der Waals surface area contributed by atoms with Crippen molar-refractivity contribution < 1.29 is 4.74 Å². The van der Waals surface area contributed by atoms with E-state index >= 15 is 0 Å². The molecule has 2 N–H and O–H groups in total. The Morgan fingerprint density at radius 3 is 2.42 bits per heavy atom. The molecule has 0 bridgehead atoms. The zero-order chi connectivity index (χ0) is 21.2. The molecule has 3 aromatic rings. The highest BCUT2D eigenvalue weighted by Crippen LogP contribution is 2.17. The monoisotopic (exact) mass is 533 g/mol. The van der Waals surface area contributed by atoms with Gasteiger partial charge in [-0.15, -0.1) is 24.0 Å². The van der Waals surface area contributed by atoms with Crippen LogP contribution in [-0.2, 0) is 12.8 Å². The molecule has 0 atom stereocenters. The Balaban J connectivity index is 0.00000341. The molecule has 0 aliphatic heterocycles. The number of methoxy groups -OCH3 is 1. The van der Waals surface area contributed by atoms with Gasteiger partial charge in [0.2, 0.25) is 0 Å². The number of hydrogen-bond donors (Lipinski definition) is 2. The lowest BCUT2D eigenvalue weighted by Crippen LogP contribution is -2.38. The number of aliphatic imine (C=N–C) groups is 1. The Labute approximate surface area is 202 Å². The molecule has 0 aliphatic carbocycles. The molecule has 0 fully saturated rings. The van der Waals surface area contributed by atoms with Crippen LogP contribution in [0.3, 0.4) is 0 Å².